The van der Waals surface area contributed by atoms with Crippen molar-refractivity contribution in [3.05, 3.63) is 23.9 Å². The third-order valence-electron chi connectivity index (χ3n) is 4.91. The van der Waals surface area contributed by atoms with Crippen LogP contribution in [0.15, 0.2) is 18.3 Å². The molecular formula is C17H26N2O2. The molecule has 1 fully saturated rings. The molecule has 1 aliphatic heterocycles. The van der Waals surface area contributed by atoms with Gasteiger partial charge in [-0.25, -0.2) is 9.78 Å². The number of anilines is 1. The molecule has 0 bridgehead atoms. The summed E-state index contributed by atoms with van der Waals surface area (Å²) in [5, 5.41) is 0. The molecular weight excluding hydrogens is 264 g/mol. The molecule has 1 aliphatic rings. The fraction of sp³-hybridized carbons (Fsp3) is 0.647. The van der Waals surface area contributed by atoms with Crippen molar-refractivity contribution in [2.75, 3.05) is 24.6 Å². The molecule has 0 amide bonds. The molecule has 0 atom stereocenters. The fourth-order valence-corrected chi connectivity index (χ4v) is 3.08. The Bertz CT molecular complexity index is 456. The Labute approximate surface area is 127 Å². The molecule has 0 N–H and O–H groups in total. The number of rotatable bonds is 5. The summed E-state index contributed by atoms with van der Waals surface area (Å²) in [5.74, 6) is 0.662. The number of hydrogen-bond acceptors (Lipinski definition) is 4. The summed E-state index contributed by atoms with van der Waals surface area (Å²) < 4.78 is 4.98. The van der Waals surface area contributed by atoms with Crippen LogP contribution in [0.3, 0.4) is 0 Å². The Morgan fingerprint density at radius 3 is 2.38 bits per heavy atom. The standard InChI is InChI=1S/C17H26N2O2/c1-4-17(5-2)9-11-19(12-10-17)15-8-7-14(13-18-15)16(20)21-6-3/h7-8,13H,4-6,9-12H2,1-3H3. The highest BCUT2D eigenvalue weighted by atomic mass is 16.5. The summed E-state index contributed by atoms with van der Waals surface area (Å²) in [6, 6.07) is 3.74. The van der Waals surface area contributed by atoms with Gasteiger partial charge in [-0.05, 0) is 37.3 Å². The van der Waals surface area contributed by atoms with Crippen molar-refractivity contribution in [1.29, 1.82) is 0 Å². The van der Waals surface area contributed by atoms with Gasteiger partial charge in [0.15, 0.2) is 0 Å². The number of carbonyl (C=O) groups excluding carboxylic acids is 1. The fourth-order valence-electron chi connectivity index (χ4n) is 3.08. The number of pyridine rings is 1. The largest absolute Gasteiger partial charge is 0.462 e. The normalized spacial score (nSPS) is 17.6. The van der Waals surface area contributed by atoms with Gasteiger partial charge in [-0.1, -0.05) is 26.7 Å². The lowest BCUT2D eigenvalue weighted by Crippen LogP contribution is -2.40. The molecule has 0 spiro atoms. The number of esters is 1. The second-order valence-electron chi connectivity index (χ2n) is 5.82. The highest BCUT2D eigenvalue weighted by Gasteiger charge is 2.31. The number of ether oxygens (including phenoxy) is 1. The van der Waals surface area contributed by atoms with E-state index in [4.69, 9.17) is 4.74 Å². The number of carbonyl (C=O) groups is 1. The highest BCUT2D eigenvalue weighted by Crippen LogP contribution is 2.38. The maximum absolute atomic E-state index is 11.6. The van der Waals surface area contributed by atoms with Gasteiger partial charge in [-0.2, -0.15) is 0 Å². The molecule has 116 valence electrons. The molecule has 0 aliphatic carbocycles. The zero-order valence-corrected chi connectivity index (χ0v) is 13.4. The second-order valence-corrected chi connectivity index (χ2v) is 5.82. The number of nitrogens with zero attached hydrogens (tertiary/aromatic N) is 2. The first kappa shape index (κ1) is 15.8. The van der Waals surface area contributed by atoms with Gasteiger partial charge in [-0.3, -0.25) is 0 Å². The smallest absolute Gasteiger partial charge is 0.339 e. The van der Waals surface area contributed by atoms with E-state index in [2.05, 4.69) is 23.7 Å². The van der Waals surface area contributed by atoms with Crippen LogP contribution in [-0.4, -0.2) is 30.6 Å². The lowest BCUT2D eigenvalue weighted by molar-refractivity contribution is 0.0526. The third-order valence-corrected chi connectivity index (χ3v) is 4.91. The zero-order valence-electron chi connectivity index (χ0n) is 13.4. The van der Waals surface area contributed by atoms with Crippen molar-refractivity contribution in [2.24, 2.45) is 5.41 Å². The Hall–Kier alpha value is -1.58. The summed E-state index contributed by atoms with van der Waals surface area (Å²) in [5.41, 5.74) is 1.04. The molecule has 0 aromatic carbocycles. The van der Waals surface area contributed by atoms with Crippen molar-refractivity contribution in [1.82, 2.24) is 4.98 Å². The molecule has 0 saturated carbocycles. The second kappa shape index (κ2) is 6.92. The minimum Gasteiger partial charge on any atom is -0.462 e. The third kappa shape index (κ3) is 3.55. The Kier molecular flexibility index (Phi) is 5.21. The quantitative estimate of drug-likeness (QED) is 0.776. The van der Waals surface area contributed by atoms with Crippen molar-refractivity contribution in [3.63, 3.8) is 0 Å². The van der Waals surface area contributed by atoms with Crippen LogP contribution in [0.4, 0.5) is 5.82 Å². The van der Waals surface area contributed by atoms with Gasteiger partial charge in [0, 0.05) is 19.3 Å². The first-order valence-corrected chi connectivity index (χ1v) is 8.02. The lowest BCUT2D eigenvalue weighted by Gasteiger charge is -2.41. The minimum atomic E-state index is -0.300. The molecule has 4 heteroatoms. The summed E-state index contributed by atoms with van der Waals surface area (Å²) in [6.07, 6.45) is 6.58. The van der Waals surface area contributed by atoms with Crippen LogP contribution in [0.25, 0.3) is 0 Å². The summed E-state index contributed by atoms with van der Waals surface area (Å²) >= 11 is 0. The Balaban J connectivity index is 1.99. The van der Waals surface area contributed by atoms with Gasteiger partial charge in [-0.15, -0.1) is 0 Å². The maximum atomic E-state index is 11.6. The van der Waals surface area contributed by atoms with Crippen LogP contribution >= 0.6 is 0 Å². The van der Waals surface area contributed by atoms with E-state index < -0.39 is 0 Å². The van der Waals surface area contributed by atoms with Crippen LogP contribution in [0.2, 0.25) is 0 Å². The van der Waals surface area contributed by atoms with Gasteiger partial charge < -0.3 is 9.64 Å². The van der Waals surface area contributed by atoms with Crippen LogP contribution in [0.5, 0.6) is 0 Å². The van der Waals surface area contributed by atoms with E-state index in [9.17, 15) is 4.79 Å². The van der Waals surface area contributed by atoms with Crippen LogP contribution in [-0.2, 0) is 4.74 Å². The molecule has 2 heterocycles. The molecule has 1 aromatic rings. The van der Waals surface area contributed by atoms with Gasteiger partial charge >= 0.3 is 5.97 Å². The van der Waals surface area contributed by atoms with Gasteiger partial charge in [0.25, 0.3) is 0 Å². The molecule has 1 aromatic heterocycles. The highest BCUT2D eigenvalue weighted by molar-refractivity contribution is 5.89. The minimum absolute atomic E-state index is 0.300. The summed E-state index contributed by atoms with van der Waals surface area (Å²) in [6.45, 7) is 8.89. The van der Waals surface area contributed by atoms with E-state index in [0.717, 1.165) is 18.9 Å². The number of aromatic nitrogens is 1. The first-order chi connectivity index (χ1) is 10.1. The van der Waals surface area contributed by atoms with E-state index >= 15 is 0 Å². The average Bonchev–Trinajstić information content (AvgIpc) is 2.55. The first-order valence-electron chi connectivity index (χ1n) is 8.02. The number of hydrogen-bond donors (Lipinski definition) is 0. The Morgan fingerprint density at radius 2 is 1.90 bits per heavy atom. The van der Waals surface area contributed by atoms with E-state index in [0.29, 0.717) is 17.6 Å². The van der Waals surface area contributed by atoms with Crippen molar-refractivity contribution in [2.45, 2.75) is 46.5 Å². The molecule has 21 heavy (non-hydrogen) atoms. The summed E-state index contributed by atoms with van der Waals surface area (Å²) in [4.78, 5) is 18.4. The zero-order chi connectivity index (χ0) is 15.3. The van der Waals surface area contributed by atoms with E-state index in [1.54, 1.807) is 13.1 Å². The predicted octanol–water partition coefficient (Wildman–Crippen LogP) is 3.66. The van der Waals surface area contributed by atoms with Gasteiger partial charge in [0.1, 0.15) is 5.82 Å². The van der Waals surface area contributed by atoms with E-state index in [-0.39, 0.29) is 5.97 Å². The van der Waals surface area contributed by atoms with E-state index in [1.165, 1.54) is 25.7 Å². The average molecular weight is 290 g/mol. The van der Waals surface area contributed by atoms with Crippen molar-refractivity contribution < 1.29 is 9.53 Å². The Morgan fingerprint density at radius 1 is 1.24 bits per heavy atom. The molecule has 0 radical (unpaired) electrons. The maximum Gasteiger partial charge on any atom is 0.339 e. The monoisotopic (exact) mass is 290 g/mol. The molecule has 2 rings (SSSR count). The van der Waals surface area contributed by atoms with Crippen molar-refractivity contribution in [3.8, 4) is 0 Å². The van der Waals surface area contributed by atoms with Gasteiger partial charge in [0.2, 0.25) is 0 Å². The predicted molar refractivity (Wildman–Crippen MR) is 84.7 cm³/mol. The van der Waals surface area contributed by atoms with Crippen molar-refractivity contribution >= 4 is 11.8 Å². The molecule has 1 saturated heterocycles. The topological polar surface area (TPSA) is 42.4 Å². The van der Waals surface area contributed by atoms with E-state index in [1.807, 2.05) is 12.1 Å². The SMILES string of the molecule is CCOC(=O)c1ccc(N2CCC(CC)(CC)CC2)nc1. The van der Waals surface area contributed by atoms with Gasteiger partial charge in [0.05, 0.1) is 12.2 Å². The lowest BCUT2D eigenvalue weighted by atomic mass is 9.74. The van der Waals surface area contributed by atoms with Crippen LogP contribution in [0.1, 0.15) is 56.8 Å². The summed E-state index contributed by atoms with van der Waals surface area (Å²) in [7, 11) is 0. The van der Waals surface area contributed by atoms with Crippen LogP contribution in [0, 0.1) is 5.41 Å². The molecule has 0 unspecified atom stereocenters. The van der Waals surface area contributed by atoms with Crippen LogP contribution < -0.4 is 4.90 Å². The number of piperidine rings is 1. The molecule has 4 nitrogen and oxygen atoms in total.